The molecule has 4 nitrogen and oxygen atoms in total. The molecule has 0 aromatic heterocycles. The lowest BCUT2D eigenvalue weighted by molar-refractivity contribution is -0.121. The average Bonchev–Trinajstić information content (AvgIpc) is 2.82. The third-order valence-corrected chi connectivity index (χ3v) is 3.83. The van der Waals surface area contributed by atoms with Crippen LogP contribution < -0.4 is 10.2 Å². The Bertz CT molecular complexity index is 680. The Balaban J connectivity index is 1.68. The van der Waals surface area contributed by atoms with E-state index in [4.69, 9.17) is 0 Å². The van der Waals surface area contributed by atoms with Crippen molar-refractivity contribution in [2.24, 2.45) is 0 Å². The van der Waals surface area contributed by atoms with Crippen LogP contribution in [0.2, 0.25) is 0 Å². The number of hydrogen-bond acceptors (Lipinski definition) is 3. The highest BCUT2D eigenvalue weighted by Crippen LogP contribution is 2.22. The van der Waals surface area contributed by atoms with Crippen LogP contribution in [0.25, 0.3) is 0 Å². The second kappa shape index (κ2) is 6.12. The first-order chi connectivity index (χ1) is 10.6. The van der Waals surface area contributed by atoms with Gasteiger partial charge in [0.2, 0.25) is 5.91 Å². The summed E-state index contributed by atoms with van der Waals surface area (Å²) in [6.45, 7) is 2.61. The summed E-state index contributed by atoms with van der Waals surface area (Å²) < 4.78 is 0. The number of rotatable bonds is 4. The van der Waals surface area contributed by atoms with Gasteiger partial charge < -0.3 is 5.32 Å². The summed E-state index contributed by atoms with van der Waals surface area (Å²) in [5.74, 6) is -0.332. The normalized spacial score (nSPS) is 18.0. The summed E-state index contributed by atoms with van der Waals surface area (Å²) in [4.78, 5) is 25.8. The van der Waals surface area contributed by atoms with Crippen LogP contribution in [0.3, 0.4) is 0 Å². The number of para-hydroxylation sites is 1. The van der Waals surface area contributed by atoms with Crippen LogP contribution in [-0.2, 0) is 16.1 Å². The number of amides is 2. The molecule has 1 unspecified atom stereocenters. The maximum Gasteiger partial charge on any atom is 0.251 e. The summed E-state index contributed by atoms with van der Waals surface area (Å²) in [6, 6.07) is 16.7. The topological polar surface area (TPSA) is 49.4 Å². The van der Waals surface area contributed by atoms with Crippen molar-refractivity contribution in [3.8, 4) is 0 Å². The standard InChI is InChI=1S/C18H18N2O2/c1-13-7-9-14(10-8-13)12-19-16-11-17(21)20(18(16)22)15-5-3-2-4-6-15/h2-10,16,19H,11-12H2,1H3. The summed E-state index contributed by atoms with van der Waals surface area (Å²) in [7, 11) is 0. The minimum absolute atomic E-state index is 0.155. The first-order valence-corrected chi connectivity index (χ1v) is 7.36. The van der Waals surface area contributed by atoms with Crippen molar-refractivity contribution in [3.05, 3.63) is 65.7 Å². The van der Waals surface area contributed by atoms with Gasteiger partial charge in [-0.3, -0.25) is 9.59 Å². The average molecular weight is 294 g/mol. The number of carbonyl (C=O) groups is 2. The van der Waals surface area contributed by atoms with Gasteiger partial charge in [0.15, 0.2) is 0 Å². The molecule has 1 fully saturated rings. The largest absolute Gasteiger partial charge is 0.301 e. The SMILES string of the molecule is Cc1ccc(CNC2CC(=O)N(c3ccccc3)C2=O)cc1. The predicted molar refractivity (Wildman–Crippen MR) is 85.4 cm³/mol. The van der Waals surface area contributed by atoms with E-state index in [1.54, 1.807) is 12.1 Å². The molecule has 0 aliphatic carbocycles. The molecule has 1 aliphatic heterocycles. The van der Waals surface area contributed by atoms with Gasteiger partial charge in [-0.25, -0.2) is 4.90 Å². The molecule has 0 radical (unpaired) electrons. The van der Waals surface area contributed by atoms with E-state index in [0.717, 1.165) is 5.56 Å². The van der Waals surface area contributed by atoms with E-state index in [0.29, 0.717) is 12.2 Å². The van der Waals surface area contributed by atoms with Crippen LogP contribution in [0.15, 0.2) is 54.6 Å². The molecule has 1 N–H and O–H groups in total. The Morgan fingerprint density at radius 1 is 1.05 bits per heavy atom. The Kier molecular flexibility index (Phi) is 4.02. The third-order valence-electron chi connectivity index (χ3n) is 3.83. The quantitative estimate of drug-likeness (QED) is 0.881. The highest BCUT2D eigenvalue weighted by Gasteiger charge is 2.39. The fourth-order valence-corrected chi connectivity index (χ4v) is 2.59. The zero-order chi connectivity index (χ0) is 15.5. The maximum atomic E-state index is 12.4. The minimum Gasteiger partial charge on any atom is -0.301 e. The van der Waals surface area contributed by atoms with Crippen molar-refractivity contribution >= 4 is 17.5 Å². The summed E-state index contributed by atoms with van der Waals surface area (Å²) in [5.41, 5.74) is 2.94. The molecule has 2 aromatic carbocycles. The van der Waals surface area contributed by atoms with Gasteiger partial charge in [0.1, 0.15) is 0 Å². The van der Waals surface area contributed by atoms with Crippen LogP contribution in [0, 0.1) is 6.92 Å². The van der Waals surface area contributed by atoms with Gasteiger partial charge in [0.25, 0.3) is 5.91 Å². The van der Waals surface area contributed by atoms with E-state index in [2.05, 4.69) is 5.32 Å². The van der Waals surface area contributed by atoms with Crippen LogP contribution in [0.1, 0.15) is 17.5 Å². The highest BCUT2D eigenvalue weighted by atomic mass is 16.2. The van der Waals surface area contributed by atoms with E-state index in [9.17, 15) is 9.59 Å². The lowest BCUT2D eigenvalue weighted by Gasteiger charge is -2.15. The first-order valence-electron chi connectivity index (χ1n) is 7.36. The predicted octanol–water partition coefficient (Wildman–Crippen LogP) is 2.42. The lowest BCUT2D eigenvalue weighted by atomic mass is 10.1. The second-order valence-electron chi connectivity index (χ2n) is 5.53. The fourth-order valence-electron chi connectivity index (χ4n) is 2.59. The lowest BCUT2D eigenvalue weighted by Crippen LogP contribution is -2.38. The van der Waals surface area contributed by atoms with E-state index >= 15 is 0 Å². The molecular formula is C18H18N2O2. The smallest absolute Gasteiger partial charge is 0.251 e. The summed E-state index contributed by atoms with van der Waals surface area (Å²) in [5, 5.41) is 3.19. The van der Waals surface area contributed by atoms with E-state index in [1.165, 1.54) is 10.5 Å². The first kappa shape index (κ1) is 14.5. The van der Waals surface area contributed by atoms with Gasteiger partial charge in [-0.15, -0.1) is 0 Å². The Labute approximate surface area is 129 Å². The Morgan fingerprint density at radius 3 is 2.41 bits per heavy atom. The molecule has 1 heterocycles. The Morgan fingerprint density at radius 2 is 1.73 bits per heavy atom. The molecule has 2 aromatic rings. The zero-order valence-corrected chi connectivity index (χ0v) is 12.5. The molecule has 22 heavy (non-hydrogen) atoms. The van der Waals surface area contributed by atoms with Gasteiger partial charge in [0, 0.05) is 6.54 Å². The molecular weight excluding hydrogens is 276 g/mol. The van der Waals surface area contributed by atoms with Crippen molar-refractivity contribution in [2.45, 2.75) is 25.9 Å². The number of nitrogens with zero attached hydrogens (tertiary/aromatic N) is 1. The third kappa shape index (κ3) is 2.92. The van der Waals surface area contributed by atoms with Crippen molar-refractivity contribution < 1.29 is 9.59 Å². The monoisotopic (exact) mass is 294 g/mol. The molecule has 0 saturated carbocycles. The fraction of sp³-hybridized carbons (Fsp3) is 0.222. The van der Waals surface area contributed by atoms with E-state index in [1.807, 2.05) is 49.4 Å². The van der Waals surface area contributed by atoms with Crippen LogP contribution >= 0.6 is 0 Å². The number of carbonyl (C=O) groups excluding carboxylic acids is 2. The van der Waals surface area contributed by atoms with E-state index in [-0.39, 0.29) is 18.2 Å². The second-order valence-corrected chi connectivity index (χ2v) is 5.53. The van der Waals surface area contributed by atoms with Crippen LogP contribution in [-0.4, -0.2) is 17.9 Å². The number of imide groups is 1. The van der Waals surface area contributed by atoms with E-state index < -0.39 is 6.04 Å². The molecule has 1 saturated heterocycles. The molecule has 1 atom stereocenters. The van der Waals surface area contributed by atoms with Crippen molar-refractivity contribution in [2.75, 3.05) is 4.90 Å². The van der Waals surface area contributed by atoms with Crippen LogP contribution in [0.5, 0.6) is 0 Å². The number of anilines is 1. The zero-order valence-electron chi connectivity index (χ0n) is 12.5. The molecule has 2 amide bonds. The summed E-state index contributed by atoms with van der Waals surface area (Å²) >= 11 is 0. The molecule has 0 bridgehead atoms. The van der Waals surface area contributed by atoms with Gasteiger partial charge >= 0.3 is 0 Å². The highest BCUT2D eigenvalue weighted by molar-refractivity contribution is 6.22. The number of benzene rings is 2. The molecule has 0 spiro atoms. The maximum absolute atomic E-state index is 12.4. The number of aryl methyl sites for hydroxylation is 1. The van der Waals surface area contributed by atoms with Crippen molar-refractivity contribution in [1.29, 1.82) is 0 Å². The van der Waals surface area contributed by atoms with Crippen molar-refractivity contribution in [1.82, 2.24) is 5.32 Å². The Hall–Kier alpha value is -2.46. The molecule has 112 valence electrons. The van der Waals surface area contributed by atoms with Gasteiger partial charge in [-0.1, -0.05) is 48.0 Å². The molecule has 4 heteroatoms. The van der Waals surface area contributed by atoms with Crippen molar-refractivity contribution in [3.63, 3.8) is 0 Å². The minimum atomic E-state index is -0.450. The molecule has 1 aliphatic rings. The van der Waals surface area contributed by atoms with Gasteiger partial charge in [0.05, 0.1) is 18.2 Å². The number of hydrogen-bond donors (Lipinski definition) is 1. The summed E-state index contributed by atoms with van der Waals surface area (Å²) in [6.07, 6.45) is 0.208. The molecule has 3 rings (SSSR count). The van der Waals surface area contributed by atoms with Crippen LogP contribution in [0.4, 0.5) is 5.69 Å². The number of nitrogens with one attached hydrogen (secondary N) is 1. The van der Waals surface area contributed by atoms with Gasteiger partial charge in [-0.05, 0) is 24.6 Å². The van der Waals surface area contributed by atoms with Gasteiger partial charge in [-0.2, -0.15) is 0 Å².